The standard InChI is InChI=1S/C29H21FN2O3S/c1-17(33)35-24-9-5-3-7-20(24)16-25-28(34)32-27(19-10-13-21(30)14-11-19)23-15-12-18-6-2-4-8-22(18)26(23)31-29(32)36-25/h2-11,13-14,16,27H,12,15H2,1H3/b25-16+/t27-/m1/s1. The molecule has 178 valence electrons. The van der Waals surface area contributed by atoms with Crippen LogP contribution < -0.4 is 19.6 Å². The van der Waals surface area contributed by atoms with Crippen LogP contribution >= 0.6 is 11.3 Å². The third-order valence-corrected chi connectivity index (χ3v) is 7.50. The van der Waals surface area contributed by atoms with E-state index in [9.17, 15) is 14.0 Å². The molecule has 0 saturated carbocycles. The molecule has 7 heteroatoms. The molecule has 4 aromatic rings. The number of esters is 1. The van der Waals surface area contributed by atoms with Crippen molar-refractivity contribution in [2.45, 2.75) is 25.8 Å². The molecule has 1 aliphatic carbocycles. The quantitative estimate of drug-likeness (QED) is 0.312. The van der Waals surface area contributed by atoms with Crippen molar-refractivity contribution in [2.75, 3.05) is 0 Å². The summed E-state index contributed by atoms with van der Waals surface area (Å²) in [6.07, 6.45) is 3.35. The van der Waals surface area contributed by atoms with Crippen LogP contribution in [-0.2, 0) is 11.2 Å². The Balaban J connectivity index is 1.60. The second-order valence-corrected chi connectivity index (χ2v) is 9.81. The molecule has 0 amide bonds. The van der Waals surface area contributed by atoms with Gasteiger partial charge in [0.15, 0.2) is 4.80 Å². The summed E-state index contributed by atoms with van der Waals surface area (Å²) in [5.41, 5.74) is 5.53. The first kappa shape index (κ1) is 22.4. The Kier molecular flexibility index (Phi) is 5.49. The van der Waals surface area contributed by atoms with Crippen LogP contribution in [-0.4, -0.2) is 10.5 Å². The van der Waals surface area contributed by atoms with Crippen molar-refractivity contribution in [3.8, 4) is 5.75 Å². The van der Waals surface area contributed by atoms with Gasteiger partial charge in [0.25, 0.3) is 5.56 Å². The summed E-state index contributed by atoms with van der Waals surface area (Å²) >= 11 is 1.30. The maximum absolute atomic E-state index is 13.8. The normalized spacial score (nSPS) is 16.6. The zero-order valence-corrected chi connectivity index (χ0v) is 20.2. The topological polar surface area (TPSA) is 60.7 Å². The lowest BCUT2D eigenvalue weighted by atomic mass is 9.83. The largest absolute Gasteiger partial charge is 0.426 e. The number of aromatic nitrogens is 1. The molecule has 0 radical (unpaired) electrons. The fourth-order valence-electron chi connectivity index (χ4n) is 4.96. The van der Waals surface area contributed by atoms with Gasteiger partial charge >= 0.3 is 5.97 Å². The van der Waals surface area contributed by atoms with Gasteiger partial charge in [-0.05, 0) is 53.8 Å². The van der Waals surface area contributed by atoms with Crippen molar-refractivity contribution < 1.29 is 13.9 Å². The number of fused-ring (bicyclic) bond motifs is 3. The van der Waals surface area contributed by atoms with Crippen molar-refractivity contribution >= 4 is 29.1 Å². The van der Waals surface area contributed by atoms with Crippen LogP contribution in [0.3, 0.4) is 0 Å². The molecule has 3 aromatic carbocycles. The Labute approximate surface area is 210 Å². The maximum atomic E-state index is 13.8. The molecule has 6 rings (SSSR count). The number of aryl methyl sites for hydroxylation is 1. The molecule has 0 unspecified atom stereocenters. The summed E-state index contributed by atoms with van der Waals surface area (Å²) in [7, 11) is 0. The van der Waals surface area contributed by atoms with Crippen LogP contribution in [0.2, 0.25) is 0 Å². The lowest BCUT2D eigenvalue weighted by Gasteiger charge is -2.30. The van der Waals surface area contributed by atoms with E-state index < -0.39 is 5.97 Å². The number of rotatable bonds is 3. The molecule has 2 aliphatic rings. The van der Waals surface area contributed by atoms with E-state index in [4.69, 9.17) is 9.73 Å². The predicted molar refractivity (Wildman–Crippen MR) is 137 cm³/mol. The van der Waals surface area contributed by atoms with E-state index in [-0.39, 0.29) is 17.4 Å². The first-order valence-electron chi connectivity index (χ1n) is 11.7. The van der Waals surface area contributed by atoms with Gasteiger partial charge in [0.05, 0.1) is 16.3 Å². The number of carbonyl (C=O) groups is 1. The van der Waals surface area contributed by atoms with Crippen molar-refractivity contribution in [1.82, 2.24) is 4.57 Å². The molecule has 1 atom stereocenters. The van der Waals surface area contributed by atoms with E-state index >= 15 is 0 Å². The van der Waals surface area contributed by atoms with Crippen LogP contribution in [0.25, 0.3) is 11.8 Å². The SMILES string of the molecule is CC(=O)Oc1ccccc1/C=c1/sc2n(c1=O)[C@H](c1ccc(F)cc1)C1=C(N=2)c2ccccc2CC1. The summed E-state index contributed by atoms with van der Waals surface area (Å²) in [5, 5.41) is 0. The van der Waals surface area contributed by atoms with Gasteiger partial charge in [-0.15, -0.1) is 0 Å². The van der Waals surface area contributed by atoms with Crippen LogP contribution in [0.15, 0.2) is 88.2 Å². The van der Waals surface area contributed by atoms with Gasteiger partial charge in [-0.25, -0.2) is 9.38 Å². The van der Waals surface area contributed by atoms with Gasteiger partial charge in [-0.2, -0.15) is 0 Å². The van der Waals surface area contributed by atoms with Crippen LogP contribution in [0, 0.1) is 5.82 Å². The summed E-state index contributed by atoms with van der Waals surface area (Å²) in [4.78, 5) is 30.9. The molecule has 0 bridgehead atoms. The number of nitrogens with zero attached hydrogens (tertiary/aromatic N) is 2. The zero-order chi connectivity index (χ0) is 24.8. The molecule has 0 N–H and O–H groups in total. The fourth-order valence-corrected chi connectivity index (χ4v) is 5.95. The second-order valence-electron chi connectivity index (χ2n) is 8.80. The van der Waals surface area contributed by atoms with Crippen LogP contribution in [0.1, 0.15) is 41.6 Å². The molecule has 1 aromatic heterocycles. The third kappa shape index (κ3) is 3.82. The van der Waals surface area contributed by atoms with E-state index in [1.165, 1.54) is 36.0 Å². The number of benzene rings is 3. The number of halogens is 1. The Morgan fingerprint density at radius 2 is 1.81 bits per heavy atom. The Bertz CT molecular complexity index is 1730. The number of hydrogen-bond donors (Lipinski definition) is 0. The smallest absolute Gasteiger partial charge is 0.308 e. The molecule has 0 spiro atoms. The van der Waals surface area contributed by atoms with Gasteiger partial charge < -0.3 is 4.74 Å². The fraction of sp³-hybridized carbons (Fsp3) is 0.138. The molecular weight excluding hydrogens is 475 g/mol. The minimum Gasteiger partial charge on any atom is -0.426 e. The van der Waals surface area contributed by atoms with E-state index in [1.54, 1.807) is 41.0 Å². The van der Waals surface area contributed by atoms with Gasteiger partial charge in [-0.3, -0.25) is 14.2 Å². The maximum Gasteiger partial charge on any atom is 0.308 e. The molecule has 5 nitrogen and oxygen atoms in total. The highest BCUT2D eigenvalue weighted by molar-refractivity contribution is 7.07. The van der Waals surface area contributed by atoms with Crippen molar-refractivity contribution in [1.29, 1.82) is 0 Å². The molecule has 0 fully saturated rings. The average Bonchev–Trinajstić information content (AvgIpc) is 3.18. The van der Waals surface area contributed by atoms with E-state index in [2.05, 4.69) is 12.1 Å². The number of carbonyl (C=O) groups excluding carboxylic acids is 1. The second kappa shape index (κ2) is 8.84. The van der Waals surface area contributed by atoms with Crippen molar-refractivity contribution in [3.05, 3.63) is 126 Å². The predicted octanol–water partition coefficient (Wildman–Crippen LogP) is 4.38. The van der Waals surface area contributed by atoms with Crippen LogP contribution in [0.4, 0.5) is 4.39 Å². The first-order valence-corrected chi connectivity index (χ1v) is 12.5. The van der Waals surface area contributed by atoms with Gasteiger partial charge in [0, 0.05) is 18.1 Å². The van der Waals surface area contributed by atoms with Crippen LogP contribution in [0.5, 0.6) is 5.75 Å². The minimum absolute atomic E-state index is 0.184. The molecule has 1 aliphatic heterocycles. The summed E-state index contributed by atoms with van der Waals surface area (Å²) in [5.74, 6) is -0.365. The lowest BCUT2D eigenvalue weighted by molar-refractivity contribution is -0.131. The first-order chi connectivity index (χ1) is 17.5. The Hall–Kier alpha value is -4.10. The zero-order valence-electron chi connectivity index (χ0n) is 19.4. The summed E-state index contributed by atoms with van der Waals surface area (Å²) in [6, 6.07) is 21.3. The number of ether oxygens (including phenoxy) is 1. The highest BCUT2D eigenvalue weighted by Gasteiger charge is 2.32. The highest BCUT2D eigenvalue weighted by atomic mass is 32.1. The number of hydrogen-bond acceptors (Lipinski definition) is 5. The average molecular weight is 497 g/mol. The monoisotopic (exact) mass is 496 g/mol. The van der Waals surface area contributed by atoms with Gasteiger partial charge in [-0.1, -0.05) is 65.9 Å². The van der Waals surface area contributed by atoms with Crippen molar-refractivity contribution in [2.24, 2.45) is 4.99 Å². The number of allylic oxidation sites excluding steroid dienone is 1. The number of thiazole rings is 1. The Morgan fingerprint density at radius 3 is 2.61 bits per heavy atom. The highest BCUT2D eigenvalue weighted by Crippen LogP contribution is 2.41. The third-order valence-electron chi connectivity index (χ3n) is 6.52. The number of para-hydroxylation sites is 1. The van der Waals surface area contributed by atoms with Gasteiger partial charge in [0.1, 0.15) is 11.6 Å². The van der Waals surface area contributed by atoms with E-state index in [0.29, 0.717) is 20.6 Å². The molecule has 36 heavy (non-hydrogen) atoms. The minimum atomic E-state index is -0.431. The summed E-state index contributed by atoms with van der Waals surface area (Å²) < 4.78 is 21.3. The molecule has 0 saturated heterocycles. The lowest BCUT2D eigenvalue weighted by Crippen LogP contribution is -2.38. The van der Waals surface area contributed by atoms with Gasteiger partial charge in [0.2, 0.25) is 0 Å². The Morgan fingerprint density at radius 1 is 1.06 bits per heavy atom. The van der Waals surface area contributed by atoms with Crippen molar-refractivity contribution in [3.63, 3.8) is 0 Å². The summed E-state index contributed by atoms with van der Waals surface area (Å²) in [6.45, 7) is 1.34. The van der Waals surface area contributed by atoms with E-state index in [0.717, 1.165) is 35.2 Å². The molecular formula is C29H21FN2O3S. The van der Waals surface area contributed by atoms with E-state index in [1.807, 2.05) is 18.2 Å². The molecule has 2 heterocycles.